The number of carbonyl (C=O) groups excluding carboxylic acids is 3. The fourth-order valence-corrected chi connectivity index (χ4v) is 4.53. The second-order valence-corrected chi connectivity index (χ2v) is 9.10. The van der Waals surface area contributed by atoms with Crippen LogP contribution in [-0.4, -0.2) is 71.9 Å². The molecule has 1 fully saturated rings. The molecule has 0 bridgehead atoms. The second kappa shape index (κ2) is 13.0. The molecule has 0 saturated carbocycles. The van der Waals surface area contributed by atoms with Crippen LogP contribution < -0.4 is 4.90 Å². The lowest BCUT2D eigenvalue weighted by atomic mass is 10.1. The van der Waals surface area contributed by atoms with Crippen LogP contribution in [-0.2, 0) is 19.1 Å². The third-order valence-electron chi connectivity index (χ3n) is 6.48. The average molecular weight is 537 g/mol. The monoisotopic (exact) mass is 536 g/mol. The Balaban J connectivity index is 1.42. The van der Waals surface area contributed by atoms with Gasteiger partial charge in [0, 0.05) is 50.3 Å². The Morgan fingerprint density at radius 3 is 2.26 bits per heavy atom. The Hall–Kier alpha value is -4.21. The van der Waals surface area contributed by atoms with Gasteiger partial charge in [0.2, 0.25) is 5.91 Å². The molecule has 9 nitrogen and oxygen atoms in total. The molecule has 0 N–H and O–H groups in total. The molecule has 3 aromatic rings. The first-order chi connectivity index (χ1) is 18.9. The molecular weight excluding hydrogens is 503 g/mol. The van der Waals surface area contributed by atoms with Crippen molar-refractivity contribution in [1.29, 1.82) is 0 Å². The summed E-state index contributed by atoms with van der Waals surface area (Å²) in [5.41, 5.74) is 3.08. The molecule has 10 heteroatoms. The lowest BCUT2D eigenvalue weighted by Gasteiger charge is -2.36. The molecule has 1 amide bonds. The van der Waals surface area contributed by atoms with Crippen LogP contribution in [0.4, 0.5) is 10.1 Å². The Labute approximate surface area is 227 Å². The van der Waals surface area contributed by atoms with Crippen molar-refractivity contribution in [3.8, 4) is 16.9 Å². The molecule has 1 saturated heterocycles. The topological polar surface area (TPSA) is 94.0 Å². The van der Waals surface area contributed by atoms with E-state index in [1.165, 1.54) is 16.8 Å². The van der Waals surface area contributed by atoms with Gasteiger partial charge in [-0.3, -0.25) is 9.59 Å². The number of piperazine rings is 1. The fourth-order valence-electron chi connectivity index (χ4n) is 4.53. The first-order valence-electron chi connectivity index (χ1n) is 13.2. The van der Waals surface area contributed by atoms with Crippen LogP contribution in [0, 0.1) is 5.82 Å². The van der Waals surface area contributed by atoms with E-state index in [1.807, 2.05) is 29.2 Å². The van der Waals surface area contributed by atoms with Crippen molar-refractivity contribution in [3.05, 3.63) is 66.1 Å². The molecule has 0 spiro atoms. The van der Waals surface area contributed by atoms with E-state index in [2.05, 4.69) is 10.00 Å². The number of halogens is 1. The Bertz CT molecular complexity index is 1300. The highest BCUT2D eigenvalue weighted by atomic mass is 19.1. The van der Waals surface area contributed by atoms with Crippen molar-refractivity contribution in [3.63, 3.8) is 0 Å². The van der Waals surface area contributed by atoms with Crippen LogP contribution >= 0.6 is 0 Å². The molecule has 1 aliphatic rings. The van der Waals surface area contributed by atoms with E-state index >= 15 is 0 Å². The maximum Gasteiger partial charge on any atom is 0.358 e. The van der Waals surface area contributed by atoms with E-state index in [0.717, 1.165) is 11.3 Å². The van der Waals surface area contributed by atoms with Crippen molar-refractivity contribution < 1.29 is 28.2 Å². The molecule has 4 rings (SSSR count). The Morgan fingerprint density at radius 2 is 1.59 bits per heavy atom. The SMILES string of the molecule is CCOC(=O)CCCC(=O)N1CCN(c2ccc(-c3cc(C(=O)OCC)nn3-c3cccc(F)c3)cc2)CC1. The van der Waals surface area contributed by atoms with Crippen LogP contribution in [0.5, 0.6) is 0 Å². The Kier molecular flexibility index (Phi) is 9.30. The number of carbonyl (C=O) groups is 3. The summed E-state index contributed by atoms with van der Waals surface area (Å²) in [4.78, 5) is 40.4. The summed E-state index contributed by atoms with van der Waals surface area (Å²) < 4.78 is 25.5. The summed E-state index contributed by atoms with van der Waals surface area (Å²) in [6.45, 7) is 6.66. The normalized spacial score (nSPS) is 13.3. The largest absolute Gasteiger partial charge is 0.466 e. The van der Waals surface area contributed by atoms with Crippen LogP contribution in [0.1, 0.15) is 43.6 Å². The van der Waals surface area contributed by atoms with Gasteiger partial charge in [-0.2, -0.15) is 5.10 Å². The Morgan fingerprint density at radius 1 is 0.872 bits per heavy atom. The van der Waals surface area contributed by atoms with Crippen LogP contribution in [0.3, 0.4) is 0 Å². The number of hydrogen-bond acceptors (Lipinski definition) is 7. The summed E-state index contributed by atoms with van der Waals surface area (Å²) in [6.07, 6.45) is 1.08. The van der Waals surface area contributed by atoms with E-state index in [1.54, 1.807) is 32.0 Å². The number of anilines is 1. The van der Waals surface area contributed by atoms with Gasteiger partial charge >= 0.3 is 11.9 Å². The minimum Gasteiger partial charge on any atom is -0.466 e. The van der Waals surface area contributed by atoms with Gasteiger partial charge in [-0.25, -0.2) is 13.9 Å². The van der Waals surface area contributed by atoms with Crippen LogP contribution in [0.15, 0.2) is 54.6 Å². The van der Waals surface area contributed by atoms with Crippen molar-refractivity contribution in [2.24, 2.45) is 0 Å². The summed E-state index contributed by atoms with van der Waals surface area (Å²) in [5, 5.41) is 4.40. The van der Waals surface area contributed by atoms with Crippen LogP contribution in [0.25, 0.3) is 16.9 Å². The quantitative estimate of drug-likeness (QED) is 0.358. The zero-order valence-corrected chi connectivity index (χ0v) is 22.3. The number of rotatable bonds is 10. The second-order valence-electron chi connectivity index (χ2n) is 9.10. The average Bonchev–Trinajstić information content (AvgIpc) is 3.39. The first-order valence-corrected chi connectivity index (χ1v) is 13.2. The molecule has 2 aromatic carbocycles. The van der Waals surface area contributed by atoms with Crippen molar-refractivity contribution in [2.75, 3.05) is 44.3 Å². The molecule has 2 heterocycles. The highest BCUT2D eigenvalue weighted by Gasteiger charge is 2.22. The van der Waals surface area contributed by atoms with E-state index in [0.29, 0.717) is 57.0 Å². The lowest BCUT2D eigenvalue weighted by molar-refractivity contribution is -0.143. The standard InChI is InChI=1S/C29H33FN4O5/c1-3-38-28(36)10-6-9-27(35)33-17-15-32(16-18-33)23-13-11-21(12-14-23)26-20-25(29(37)39-4-2)31-34(26)24-8-5-7-22(30)19-24/h5,7-8,11-14,19-20H,3-4,6,9-10,15-18H2,1-2H3. The van der Waals surface area contributed by atoms with Crippen LogP contribution in [0.2, 0.25) is 0 Å². The summed E-state index contributed by atoms with van der Waals surface area (Å²) >= 11 is 0. The predicted octanol–water partition coefficient (Wildman–Crippen LogP) is 4.24. The van der Waals surface area contributed by atoms with Crippen molar-refractivity contribution in [1.82, 2.24) is 14.7 Å². The van der Waals surface area contributed by atoms with E-state index in [-0.39, 0.29) is 30.6 Å². The number of nitrogens with zero attached hydrogens (tertiary/aromatic N) is 4. The van der Waals surface area contributed by atoms with Gasteiger partial charge in [0.05, 0.1) is 24.6 Å². The van der Waals surface area contributed by atoms with Gasteiger partial charge < -0.3 is 19.3 Å². The minimum absolute atomic E-state index is 0.0531. The molecule has 1 aromatic heterocycles. The number of hydrogen-bond donors (Lipinski definition) is 0. The van der Waals surface area contributed by atoms with Crippen molar-refractivity contribution >= 4 is 23.5 Å². The molecule has 39 heavy (non-hydrogen) atoms. The lowest BCUT2D eigenvalue weighted by Crippen LogP contribution is -2.48. The molecule has 0 unspecified atom stereocenters. The van der Waals surface area contributed by atoms with E-state index < -0.39 is 11.8 Å². The van der Waals surface area contributed by atoms with Gasteiger partial charge in [0.25, 0.3) is 0 Å². The van der Waals surface area contributed by atoms with E-state index in [4.69, 9.17) is 9.47 Å². The van der Waals surface area contributed by atoms with E-state index in [9.17, 15) is 18.8 Å². The highest BCUT2D eigenvalue weighted by molar-refractivity contribution is 5.89. The summed E-state index contributed by atoms with van der Waals surface area (Å²) in [6, 6.07) is 15.5. The molecule has 0 radical (unpaired) electrons. The minimum atomic E-state index is -0.543. The summed E-state index contributed by atoms with van der Waals surface area (Å²) in [7, 11) is 0. The zero-order chi connectivity index (χ0) is 27.8. The number of amides is 1. The third-order valence-corrected chi connectivity index (χ3v) is 6.48. The maximum atomic E-state index is 13.9. The smallest absolute Gasteiger partial charge is 0.358 e. The fraction of sp³-hybridized carbons (Fsp3) is 0.379. The van der Waals surface area contributed by atoms with Gasteiger partial charge in [-0.05, 0) is 56.7 Å². The molecule has 206 valence electrons. The molecule has 0 atom stereocenters. The third kappa shape index (κ3) is 7.01. The molecule has 1 aliphatic heterocycles. The number of aromatic nitrogens is 2. The van der Waals surface area contributed by atoms with Gasteiger partial charge in [-0.15, -0.1) is 0 Å². The van der Waals surface area contributed by atoms with Gasteiger partial charge in [0.1, 0.15) is 5.82 Å². The molecule has 0 aliphatic carbocycles. The first kappa shape index (κ1) is 27.8. The maximum absolute atomic E-state index is 13.9. The van der Waals surface area contributed by atoms with Gasteiger partial charge in [0.15, 0.2) is 5.69 Å². The van der Waals surface area contributed by atoms with Crippen molar-refractivity contribution in [2.45, 2.75) is 33.1 Å². The van der Waals surface area contributed by atoms with Gasteiger partial charge in [-0.1, -0.05) is 18.2 Å². The number of ether oxygens (including phenoxy) is 2. The number of benzene rings is 2. The zero-order valence-electron chi connectivity index (χ0n) is 22.3. The molecular formula is C29H33FN4O5. The summed E-state index contributed by atoms with van der Waals surface area (Å²) in [5.74, 6) is -1.16. The highest BCUT2D eigenvalue weighted by Crippen LogP contribution is 2.28. The number of esters is 2. The predicted molar refractivity (Wildman–Crippen MR) is 144 cm³/mol.